The Balaban J connectivity index is 1.48. The maximum atomic E-state index is 12.5. The lowest BCUT2D eigenvalue weighted by Gasteiger charge is -2.32. The standard InChI is InChI=1S/C19H24N4O3S/c1-20-27(25,26)17-7-8-18(22-14-17)21-13-15-9-11-23(12-10-15)19(24)16-5-3-2-4-6-16/h2-8,14-15,20H,9-13H2,1H3,(H,21,22). The van der Waals surface area contributed by atoms with E-state index < -0.39 is 10.0 Å². The van der Waals surface area contributed by atoms with Crippen molar-refractivity contribution in [3.05, 3.63) is 54.2 Å². The quantitative estimate of drug-likeness (QED) is 0.789. The summed E-state index contributed by atoms with van der Waals surface area (Å²) in [7, 11) is -2.09. The maximum Gasteiger partial charge on any atom is 0.253 e. The minimum atomic E-state index is -3.47. The van der Waals surface area contributed by atoms with E-state index in [0.717, 1.165) is 38.0 Å². The van der Waals surface area contributed by atoms with Crippen LogP contribution in [-0.2, 0) is 10.0 Å². The zero-order chi connectivity index (χ0) is 19.3. The number of pyridine rings is 1. The number of carbonyl (C=O) groups is 1. The normalized spacial score (nSPS) is 15.5. The van der Waals surface area contributed by atoms with Crippen LogP contribution in [0.1, 0.15) is 23.2 Å². The predicted molar refractivity (Wildman–Crippen MR) is 104 cm³/mol. The molecule has 2 N–H and O–H groups in total. The number of nitrogens with zero attached hydrogens (tertiary/aromatic N) is 2. The fraction of sp³-hybridized carbons (Fsp3) is 0.368. The number of hydrogen-bond acceptors (Lipinski definition) is 5. The first-order valence-corrected chi connectivity index (χ1v) is 10.5. The molecule has 1 saturated heterocycles. The molecular weight excluding hydrogens is 364 g/mol. The molecule has 1 amide bonds. The van der Waals surface area contributed by atoms with Gasteiger partial charge in [-0.05, 0) is 50.1 Å². The zero-order valence-corrected chi connectivity index (χ0v) is 16.1. The van der Waals surface area contributed by atoms with Crippen LogP contribution in [0.25, 0.3) is 0 Å². The average Bonchev–Trinajstić information content (AvgIpc) is 2.73. The van der Waals surface area contributed by atoms with Gasteiger partial charge in [0.15, 0.2) is 0 Å². The highest BCUT2D eigenvalue weighted by Crippen LogP contribution is 2.20. The number of aromatic nitrogens is 1. The Hall–Kier alpha value is -2.45. The van der Waals surface area contributed by atoms with Crippen LogP contribution in [0.2, 0.25) is 0 Å². The molecule has 144 valence electrons. The molecular formula is C19H24N4O3S. The summed E-state index contributed by atoms with van der Waals surface area (Å²) in [5.41, 5.74) is 0.731. The van der Waals surface area contributed by atoms with Crippen LogP contribution >= 0.6 is 0 Å². The molecule has 27 heavy (non-hydrogen) atoms. The van der Waals surface area contributed by atoms with Crippen molar-refractivity contribution in [2.75, 3.05) is 32.0 Å². The number of anilines is 1. The molecule has 2 heterocycles. The van der Waals surface area contributed by atoms with Gasteiger partial charge in [0, 0.05) is 31.4 Å². The van der Waals surface area contributed by atoms with Crippen LogP contribution in [0.15, 0.2) is 53.6 Å². The third-order valence-electron chi connectivity index (χ3n) is 4.81. The van der Waals surface area contributed by atoms with Gasteiger partial charge in [0.25, 0.3) is 5.91 Å². The smallest absolute Gasteiger partial charge is 0.253 e. The fourth-order valence-electron chi connectivity index (χ4n) is 3.11. The molecule has 0 spiro atoms. The van der Waals surface area contributed by atoms with E-state index in [1.807, 2.05) is 35.2 Å². The molecule has 1 aromatic heterocycles. The van der Waals surface area contributed by atoms with Crippen molar-refractivity contribution in [1.82, 2.24) is 14.6 Å². The van der Waals surface area contributed by atoms with Gasteiger partial charge in [0.2, 0.25) is 10.0 Å². The van der Waals surface area contributed by atoms with E-state index in [9.17, 15) is 13.2 Å². The molecule has 0 unspecified atom stereocenters. The molecule has 1 aliphatic heterocycles. The lowest BCUT2D eigenvalue weighted by atomic mass is 9.96. The first-order chi connectivity index (χ1) is 13.0. The van der Waals surface area contributed by atoms with Crippen LogP contribution in [0.3, 0.4) is 0 Å². The number of carbonyl (C=O) groups excluding carboxylic acids is 1. The zero-order valence-electron chi connectivity index (χ0n) is 15.3. The van der Waals surface area contributed by atoms with Gasteiger partial charge >= 0.3 is 0 Å². The minimum absolute atomic E-state index is 0.0880. The van der Waals surface area contributed by atoms with Gasteiger partial charge in [-0.2, -0.15) is 0 Å². The van der Waals surface area contributed by atoms with E-state index in [4.69, 9.17) is 0 Å². The summed E-state index contributed by atoms with van der Waals surface area (Å²) in [4.78, 5) is 18.7. The highest BCUT2D eigenvalue weighted by molar-refractivity contribution is 7.89. The minimum Gasteiger partial charge on any atom is -0.370 e. The number of hydrogen-bond donors (Lipinski definition) is 2. The molecule has 0 radical (unpaired) electrons. The van der Waals surface area contributed by atoms with Gasteiger partial charge in [-0.15, -0.1) is 0 Å². The second kappa shape index (κ2) is 8.49. The Bertz CT molecular complexity index is 862. The summed E-state index contributed by atoms with van der Waals surface area (Å²) in [5, 5.41) is 3.26. The highest BCUT2D eigenvalue weighted by atomic mass is 32.2. The summed E-state index contributed by atoms with van der Waals surface area (Å²) < 4.78 is 25.7. The maximum absolute atomic E-state index is 12.5. The van der Waals surface area contributed by atoms with Gasteiger partial charge in [-0.1, -0.05) is 18.2 Å². The SMILES string of the molecule is CNS(=O)(=O)c1ccc(NCC2CCN(C(=O)c3ccccc3)CC2)nc1. The summed E-state index contributed by atoms with van der Waals surface area (Å²) in [6.45, 7) is 2.23. The average molecular weight is 388 g/mol. The van der Waals surface area contributed by atoms with E-state index in [0.29, 0.717) is 11.7 Å². The molecule has 3 rings (SSSR count). The first kappa shape index (κ1) is 19.3. The molecule has 8 heteroatoms. The molecule has 0 bridgehead atoms. The fourth-order valence-corrected chi connectivity index (χ4v) is 3.79. The second-order valence-electron chi connectivity index (χ2n) is 6.57. The van der Waals surface area contributed by atoms with Crippen LogP contribution in [-0.4, -0.2) is 50.9 Å². The second-order valence-corrected chi connectivity index (χ2v) is 8.46. The van der Waals surface area contributed by atoms with E-state index in [1.54, 1.807) is 6.07 Å². The molecule has 1 aromatic carbocycles. The Morgan fingerprint density at radius 3 is 2.44 bits per heavy atom. The van der Waals surface area contributed by atoms with Gasteiger partial charge in [0.05, 0.1) is 0 Å². The van der Waals surface area contributed by atoms with E-state index >= 15 is 0 Å². The van der Waals surface area contributed by atoms with Crippen LogP contribution in [0.5, 0.6) is 0 Å². The first-order valence-electron chi connectivity index (χ1n) is 8.97. The topological polar surface area (TPSA) is 91.4 Å². The van der Waals surface area contributed by atoms with Crippen molar-refractivity contribution in [2.24, 2.45) is 5.92 Å². The summed E-state index contributed by atoms with van der Waals surface area (Å²) >= 11 is 0. The van der Waals surface area contributed by atoms with E-state index in [2.05, 4.69) is 15.0 Å². The summed E-state index contributed by atoms with van der Waals surface area (Å²) in [6.07, 6.45) is 3.20. The number of nitrogens with one attached hydrogen (secondary N) is 2. The van der Waals surface area contributed by atoms with Crippen LogP contribution < -0.4 is 10.0 Å². The highest BCUT2D eigenvalue weighted by Gasteiger charge is 2.23. The van der Waals surface area contributed by atoms with Crippen molar-refractivity contribution in [3.8, 4) is 0 Å². The monoisotopic (exact) mass is 388 g/mol. The van der Waals surface area contributed by atoms with Crippen LogP contribution in [0.4, 0.5) is 5.82 Å². The molecule has 1 aliphatic rings. The Labute approximate surface area is 159 Å². The Morgan fingerprint density at radius 1 is 1.15 bits per heavy atom. The number of piperidine rings is 1. The predicted octanol–water partition coefficient (Wildman–Crippen LogP) is 1.95. The van der Waals surface area contributed by atoms with E-state index in [1.165, 1.54) is 19.3 Å². The van der Waals surface area contributed by atoms with E-state index in [-0.39, 0.29) is 10.8 Å². The van der Waals surface area contributed by atoms with Crippen molar-refractivity contribution in [1.29, 1.82) is 0 Å². The number of benzene rings is 1. The Morgan fingerprint density at radius 2 is 1.85 bits per heavy atom. The van der Waals surface area contributed by atoms with Crippen molar-refractivity contribution in [2.45, 2.75) is 17.7 Å². The number of sulfonamides is 1. The van der Waals surface area contributed by atoms with Gasteiger partial charge in [-0.3, -0.25) is 4.79 Å². The van der Waals surface area contributed by atoms with Gasteiger partial charge in [-0.25, -0.2) is 18.1 Å². The largest absolute Gasteiger partial charge is 0.370 e. The number of likely N-dealkylation sites (tertiary alicyclic amines) is 1. The van der Waals surface area contributed by atoms with Crippen LogP contribution in [0, 0.1) is 5.92 Å². The number of amides is 1. The van der Waals surface area contributed by atoms with Crippen molar-refractivity contribution in [3.63, 3.8) is 0 Å². The Kier molecular flexibility index (Phi) is 6.08. The summed E-state index contributed by atoms with van der Waals surface area (Å²) in [5.74, 6) is 1.19. The molecule has 0 saturated carbocycles. The van der Waals surface area contributed by atoms with Gasteiger partial charge < -0.3 is 10.2 Å². The third kappa shape index (κ3) is 4.84. The molecule has 7 nitrogen and oxygen atoms in total. The van der Waals surface area contributed by atoms with Gasteiger partial charge in [0.1, 0.15) is 10.7 Å². The van der Waals surface area contributed by atoms with Crippen molar-refractivity contribution < 1.29 is 13.2 Å². The molecule has 2 aromatic rings. The number of rotatable bonds is 6. The van der Waals surface area contributed by atoms with Crippen molar-refractivity contribution >= 4 is 21.7 Å². The molecule has 1 fully saturated rings. The third-order valence-corrected chi connectivity index (χ3v) is 6.21. The molecule has 0 atom stereocenters. The molecule has 0 aliphatic carbocycles. The summed E-state index contributed by atoms with van der Waals surface area (Å²) in [6, 6.07) is 12.6. The lowest BCUT2D eigenvalue weighted by molar-refractivity contribution is 0.0695. The lowest BCUT2D eigenvalue weighted by Crippen LogP contribution is -2.39.